The van der Waals surface area contributed by atoms with Crippen LogP contribution in [0.15, 0.2) is 24.3 Å². The molecule has 0 spiro atoms. The fourth-order valence-electron chi connectivity index (χ4n) is 3.72. The fourth-order valence-corrected chi connectivity index (χ4v) is 3.72. The summed E-state index contributed by atoms with van der Waals surface area (Å²) in [4.78, 5) is 26.4. The molecule has 1 aliphatic heterocycles. The molecule has 126 valence electrons. The van der Waals surface area contributed by atoms with Crippen LogP contribution in [0.25, 0.3) is 0 Å². The zero-order chi connectivity index (χ0) is 17.0. The maximum absolute atomic E-state index is 12.3. The lowest BCUT2D eigenvalue weighted by atomic mass is 9.80. The Kier molecular flexibility index (Phi) is 5.94. The molecule has 0 aliphatic carbocycles. The van der Waals surface area contributed by atoms with Crippen molar-refractivity contribution < 1.29 is 9.59 Å². The molecule has 2 N–H and O–H groups in total. The van der Waals surface area contributed by atoms with Crippen molar-refractivity contribution in [2.45, 2.75) is 65.0 Å². The molecule has 1 aromatic rings. The normalized spacial score (nSPS) is 21.7. The zero-order valence-electron chi connectivity index (χ0n) is 14.4. The zero-order valence-corrected chi connectivity index (χ0v) is 14.4. The molecular weight excluding hydrogens is 288 g/mol. The van der Waals surface area contributed by atoms with Gasteiger partial charge in [-0.3, -0.25) is 9.59 Å². The van der Waals surface area contributed by atoms with Crippen LogP contribution in [0.4, 0.5) is 5.69 Å². The highest BCUT2D eigenvalue weighted by molar-refractivity contribution is 5.95. The lowest BCUT2D eigenvalue weighted by Crippen LogP contribution is -2.50. The Morgan fingerprint density at radius 1 is 1.26 bits per heavy atom. The number of benzene rings is 1. The maximum atomic E-state index is 12.3. The number of nitrogens with zero attached hydrogens (tertiary/aromatic N) is 1. The molecule has 1 aromatic carbocycles. The van der Waals surface area contributed by atoms with Crippen molar-refractivity contribution in [3.63, 3.8) is 0 Å². The second-order valence-corrected chi connectivity index (χ2v) is 6.57. The van der Waals surface area contributed by atoms with E-state index in [1.807, 2.05) is 24.3 Å². The Balaban J connectivity index is 2.35. The molecule has 0 aromatic heterocycles. The maximum Gasteiger partial charge on any atom is 0.224 e. The van der Waals surface area contributed by atoms with Gasteiger partial charge < -0.3 is 10.6 Å². The van der Waals surface area contributed by atoms with E-state index in [1.165, 1.54) is 0 Å². The summed E-state index contributed by atoms with van der Waals surface area (Å²) in [5.41, 5.74) is 8.20. The highest BCUT2D eigenvalue weighted by atomic mass is 16.2. The Morgan fingerprint density at radius 2 is 1.96 bits per heavy atom. The van der Waals surface area contributed by atoms with E-state index in [0.717, 1.165) is 36.9 Å². The van der Waals surface area contributed by atoms with Gasteiger partial charge in [0.1, 0.15) is 5.78 Å². The molecule has 0 saturated carbocycles. The number of fused-ring (bicyclic) bond motifs is 1. The Labute approximate surface area is 139 Å². The van der Waals surface area contributed by atoms with Gasteiger partial charge in [-0.2, -0.15) is 0 Å². The van der Waals surface area contributed by atoms with Crippen LogP contribution >= 0.6 is 0 Å². The number of para-hydroxylation sites is 1. The Bertz CT molecular complexity index is 570. The first kappa shape index (κ1) is 17.7. The number of rotatable bonds is 6. The number of Topliss-reactive ketones (excluding diaryl/α,β-unsaturated/α-hetero) is 1. The van der Waals surface area contributed by atoms with Gasteiger partial charge in [-0.15, -0.1) is 0 Å². The monoisotopic (exact) mass is 316 g/mol. The quantitative estimate of drug-likeness (QED) is 0.816. The summed E-state index contributed by atoms with van der Waals surface area (Å²) in [6.07, 6.45) is 4.71. The van der Waals surface area contributed by atoms with E-state index >= 15 is 0 Å². The van der Waals surface area contributed by atoms with Crippen molar-refractivity contribution in [3.8, 4) is 0 Å². The van der Waals surface area contributed by atoms with Crippen molar-refractivity contribution in [1.82, 2.24) is 0 Å². The summed E-state index contributed by atoms with van der Waals surface area (Å²) < 4.78 is 0. The summed E-state index contributed by atoms with van der Waals surface area (Å²) in [6.45, 7) is 5.36. The minimum Gasteiger partial charge on any atom is -0.324 e. The summed E-state index contributed by atoms with van der Waals surface area (Å²) in [5, 5.41) is 0. The summed E-state index contributed by atoms with van der Waals surface area (Å²) in [6, 6.07) is 7.52. The number of carbonyl (C=O) groups is 2. The van der Waals surface area contributed by atoms with Crippen molar-refractivity contribution in [1.29, 1.82) is 0 Å². The number of anilines is 1. The molecule has 0 saturated heterocycles. The van der Waals surface area contributed by atoms with Gasteiger partial charge in [0.2, 0.25) is 5.91 Å². The van der Waals surface area contributed by atoms with E-state index in [9.17, 15) is 9.59 Å². The molecular formula is C19H28N2O2. The molecule has 2 rings (SSSR count). The van der Waals surface area contributed by atoms with Gasteiger partial charge in [-0.1, -0.05) is 44.4 Å². The van der Waals surface area contributed by atoms with E-state index in [2.05, 4.69) is 6.92 Å². The molecule has 1 aliphatic rings. The van der Waals surface area contributed by atoms with E-state index in [4.69, 9.17) is 5.73 Å². The lowest BCUT2D eigenvalue weighted by molar-refractivity contribution is -0.122. The van der Waals surface area contributed by atoms with E-state index in [-0.39, 0.29) is 29.7 Å². The molecule has 23 heavy (non-hydrogen) atoms. The predicted octanol–water partition coefficient (Wildman–Crippen LogP) is 3.60. The van der Waals surface area contributed by atoms with Crippen LogP contribution in [0, 0.1) is 5.92 Å². The van der Waals surface area contributed by atoms with Gasteiger partial charge in [0, 0.05) is 30.6 Å². The van der Waals surface area contributed by atoms with E-state index in [0.29, 0.717) is 6.42 Å². The molecule has 4 nitrogen and oxygen atoms in total. The number of ketones is 1. The van der Waals surface area contributed by atoms with Crippen molar-refractivity contribution >= 4 is 17.4 Å². The van der Waals surface area contributed by atoms with Gasteiger partial charge in [-0.05, 0) is 31.4 Å². The van der Waals surface area contributed by atoms with Gasteiger partial charge in [0.05, 0.1) is 0 Å². The molecule has 4 heteroatoms. The van der Waals surface area contributed by atoms with Gasteiger partial charge in [0.25, 0.3) is 0 Å². The SMILES string of the molecule is CCCCCC(C(C)=O)[C@@H]1C[C@@H](N)c2ccccc2N1C(C)=O. The van der Waals surface area contributed by atoms with Crippen LogP contribution in [-0.4, -0.2) is 17.7 Å². The number of amides is 1. The third kappa shape index (κ3) is 3.81. The van der Waals surface area contributed by atoms with Gasteiger partial charge in [-0.25, -0.2) is 0 Å². The van der Waals surface area contributed by atoms with E-state index in [1.54, 1.807) is 18.7 Å². The van der Waals surface area contributed by atoms with Crippen molar-refractivity contribution in [2.75, 3.05) is 4.90 Å². The predicted molar refractivity (Wildman–Crippen MR) is 93.2 cm³/mol. The molecule has 1 heterocycles. The largest absolute Gasteiger partial charge is 0.324 e. The smallest absolute Gasteiger partial charge is 0.224 e. The second-order valence-electron chi connectivity index (χ2n) is 6.57. The van der Waals surface area contributed by atoms with Crippen LogP contribution in [-0.2, 0) is 9.59 Å². The summed E-state index contributed by atoms with van der Waals surface area (Å²) >= 11 is 0. The highest BCUT2D eigenvalue weighted by Crippen LogP contribution is 2.39. The third-order valence-electron chi connectivity index (χ3n) is 4.87. The summed E-state index contributed by atoms with van der Waals surface area (Å²) in [5.74, 6) is 0.00452. The first-order chi connectivity index (χ1) is 11.0. The van der Waals surface area contributed by atoms with Crippen LogP contribution in [0.1, 0.15) is 64.5 Å². The van der Waals surface area contributed by atoms with Crippen LogP contribution < -0.4 is 10.6 Å². The molecule has 1 amide bonds. The molecule has 0 bridgehead atoms. The van der Waals surface area contributed by atoms with Crippen LogP contribution in [0.2, 0.25) is 0 Å². The van der Waals surface area contributed by atoms with Crippen LogP contribution in [0.5, 0.6) is 0 Å². The fraction of sp³-hybridized carbons (Fsp3) is 0.579. The van der Waals surface area contributed by atoms with Gasteiger partial charge in [0.15, 0.2) is 0 Å². The number of hydrogen-bond acceptors (Lipinski definition) is 3. The molecule has 1 unspecified atom stereocenters. The number of carbonyl (C=O) groups excluding carboxylic acids is 2. The molecule has 3 atom stereocenters. The molecule has 0 radical (unpaired) electrons. The first-order valence-electron chi connectivity index (χ1n) is 8.62. The molecule has 0 fully saturated rings. The Morgan fingerprint density at radius 3 is 2.57 bits per heavy atom. The van der Waals surface area contributed by atoms with Crippen LogP contribution in [0.3, 0.4) is 0 Å². The van der Waals surface area contributed by atoms with Gasteiger partial charge >= 0.3 is 0 Å². The highest BCUT2D eigenvalue weighted by Gasteiger charge is 2.39. The average Bonchev–Trinajstić information content (AvgIpc) is 2.51. The number of nitrogens with two attached hydrogens (primary N) is 1. The van der Waals surface area contributed by atoms with Crippen molar-refractivity contribution in [2.24, 2.45) is 11.7 Å². The van der Waals surface area contributed by atoms with Crippen molar-refractivity contribution in [3.05, 3.63) is 29.8 Å². The number of unbranched alkanes of at least 4 members (excludes halogenated alkanes) is 2. The number of hydrogen-bond donors (Lipinski definition) is 1. The van der Waals surface area contributed by atoms with E-state index < -0.39 is 0 Å². The lowest BCUT2D eigenvalue weighted by Gasteiger charge is -2.42. The second kappa shape index (κ2) is 7.73. The first-order valence-corrected chi connectivity index (χ1v) is 8.62. The Hall–Kier alpha value is -1.68. The standard InChI is InChI=1S/C19H28N2O2/c1-4-5-6-9-15(13(2)22)19-12-17(20)16-10-7-8-11-18(16)21(19)14(3)23/h7-8,10-11,15,17,19H,4-6,9,12,20H2,1-3H3/t15?,17-,19+/m1/s1. The summed E-state index contributed by atoms with van der Waals surface area (Å²) in [7, 11) is 0. The topological polar surface area (TPSA) is 63.4 Å². The minimum absolute atomic E-state index is 0.0175. The third-order valence-corrected chi connectivity index (χ3v) is 4.87. The minimum atomic E-state index is -0.134. The average molecular weight is 316 g/mol.